The van der Waals surface area contributed by atoms with E-state index in [1.807, 2.05) is 6.08 Å². The van der Waals surface area contributed by atoms with Crippen molar-refractivity contribution in [2.75, 3.05) is 0 Å². The molecule has 0 aliphatic carbocycles. The second-order valence-electron chi connectivity index (χ2n) is 5.56. The molecule has 0 aromatic heterocycles. The maximum atomic E-state index is 12.9. The van der Waals surface area contributed by atoms with Crippen LogP contribution in [-0.2, 0) is 12.4 Å². The monoisotopic (exact) mass is 338 g/mol. The van der Waals surface area contributed by atoms with Crippen LogP contribution in [0.1, 0.15) is 36.0 Å². The summed E-state index contributed by atoms with van der Waals surface area (Å²) in [6.07, 6.45) is -5.34. The van der Waals surface area contributed by atoms with Crippen LogP contribution >= 0.6 is 11.8 Å². The van der Waals surface area contributed by atoms with E-state index in [0.29, 0.717) is 17.2 Å². The Kier molecular flexibility index (Phi) is 3.74. The summed E-state index contributed by atoms with van der Waals surface area (Å²) in [5, 5.41) is 0.506. The zero-order valence-electron chi connectivity index (χ0n) is 11.3. The first-order chi connectivity index (χ1) is 10.1. The molecule has 2 heterocycles. The fourth-order valence-corrected chi connectivity index (χ4v) is 4.46. The lowest BCUT2D eigenvalue weighted by molar-refractivity contribution is -0.143. The van der Waals surface area contributed by atoms with Gasteiger partial charge >= 0.3 is 12.4 Å². The number of allylic oxidation sites excluding steroid dienone is 1. The zero-order valence-corrected chi connectivity index (χ0v) is 12.1. The lowest BCUT2D eigenvalue weighted by Crippen LogP contribution is -2.13. The van der Waals surface area contributed by atoms with Crippen molar-refractivity contribution in [2.45, 2.75) is 42.1 Å². The third kappa shape index (κ3) is 3.14. The molecule has 0 N–H and O–H groups in total. The Morgan fingerprint density at radius 2 is 1.45 bits per heavy atom. The molecule has 1 saturated heterocycles. The van der Waals surface area contributed by atoms with Crippen LogP contribution in [0.2, 0.25) is 0 Å². The quantitative estimate of drug-likeness (QED) is 0.585. The van der Waals surface area contributed by atoms with Crippen molar-refractivity contribution >= 4 is 17.3 Å². The number of benzene rings is 1. The van der Waals surface area contributed by atoms with Crippen LogP contribution in [-0.4, -0.2) is 10.5 Å². The van der Waals surface area contributed by atoms with Gasteiger partial charge in [-0.05, 0) is 48.6 Å². The molecule has 2 aliphatic rings. The van der Waals surface area contributed by atoms with Gasteiger partial charge in [0.15, 0.2) is 0 Å². The molecule has 0 amide bonds. The number of alkyl halides is 6. The highest BCUT2D eigenvalue weighted by Gasteiger charge is 2.38. The Labute approximate surface area is 127 Å². The third-order valence-electron chi connectivity index (χ3n) is 3.93. The van der Waals surface area contributed by atoms with E-state index in [9.17, 15) is 26.3 Å². The number of thioether (sulfide) groups is 1. The Balaban J connectivity index is 2.07. The van der Waals surface area contributed by atoms with Gasteiger partial charge in [-0.3, -0.25) is 0 Å². The summed E-state index contributed by atoms with van der Waals surface area (Å²) in [4.78, 5) is 0. The van der Waals surface area contributed by atoms with E-state index in [2.05, 4.69) is 0 Å². The number of rotatable bonds is 1. The van der Waals surface area contributed by atoms with Crippen LogP contribution in [0.25, 0.3) is 5.57 Å². The van der Waals surface area contributed by atoms with Crippen molar-refractivity contribution in [2.24, 2.45) is 0 Å². The molecule has 7 heteroatoms. The first-order valence-electron chi connectivity index (χ1n) is 6.79. The van der Waals surface area contributed by atoms with Gasteiger partial charge in [0.2, 0.25) is 0 Å². The highest BCUT2D eigenvalue weighted by atomic mass is 32.2. The van der Waals surface area contributed by atoms with Crippen LogP contribution in [0.4, 0.5) is 26.3 Å². The molecule has 1 fully saturated rings. The van der Waals surface area contributed by atoms with Crippen molar-refractivity contribution in [3.05, 3.63) is 41.0 Å². The molecule has 1 aromatic rings. The molecule has 0 spiro atoms. The van der Waals surface area contributed by atoms with Gasteiger partial charge in [-0.2, -0.15) is 38.1 Å². The van der Waals surface area contributed by atoms with E-state index < -0.39 is 23.5 Å². The molecule has 2 aliphatic heterocycles. The highest BCUT2D eigenvalue weighted by Crippen LogP contribution is 2.46. The van der Waals surface area contributed by atoms with Gasteiger partial charge in [0, 0.05) is 10.5 Å². The molecule has 0 radical (unpaired) electrons. The minimum Gasteiger partial charge on any atom is -0.166 e. The average Bonchev–Trinajstić information content (AvgIpc) is 2.75. The Morgan fingerprint density at radius 3 is 1.95 bits per heavy atom. The Hall–Kier alpha value is -1.11. The molecular weight excluding hydrogens is 326 g/mol. The summed E-state index contributed by atoms with van der Waals surface area (Å²) in [5.41, 5.74) is -1.85. The van der Waals surface area contributed by atoms with Crippen LogP contribution in [0, 0.1) is 0 Å². The lowest BCUT2D eigenvalue weighted by Gasteiger charge is -2.21. The van der Waals surface area contributed by atoms with Gasteiger partial charge in [0.25, 0.3) is 0 Å². The minimum atomic E-state index is -4.79. The van der Waals surface area contributed by atoms with Crippen LogP contribution < -0.4 is 0 Å². The molecular formula is C15H12F6S. The number of fused-ring (bicyclic) bond motifs is 2. The predicted octanol–water partition coefficient (Wildman–Crippen LogP) is 5.78. The second kappa shape index (κ2) is 5.22. The number of halogens is 6. The van der Waals surface area contributed by atoms with Crippen molar-refractivity contribution in [3.63, 3.8) is 0 Å². The maximum Gasteiger partial charge on any atom is 0.416 e. The lowest BCUT2D eigenvalue weighted by atomic mass is 9.96. The van der Waals surface area contributed by atoms with E-state index in [1.165, 1.54) is 0 Å². The van der Waals surface area contributed by atoms with Gasteiger partial charge in [-0.15, -0.1) is 0 Å². The molecule has 22 heavy (non-hydrogen) atoms. The molecule has 2 atom stereocenters. The van der Waals surface area contributed by atoms with Gasteiger partial charge in [0.1, 0.15) is 0 Å². The molecule has 120 valence electrons. The SMILES string of the molecule is FC(F)(F)c1cc(C2=CC3CCC(C2)S3)cc(C(F)(F)F)c1. The number of hydrogen-bond acceptors (Lipinski definition) is 1. The van der Waals surface area contributed by atoms with Crippen molar-refractivity contribution < 1.29 is 26.3 Å². The molecule has 2 unspecified atom stereocenters. The Morgan fingerprint density at radius 1 is 0.864 bits per heavy atom. The average molecular weight is 338 g/mol. The zero-order chi connectivity index (χ0) is 16.1. The predicted molar refractivity (Wildman–Crippen MR) is 73.4 cm³/mol. The molecule has 3 rings (SSSR count). The van der Waals surface area contributed by atoms with E-state index in [1.54, 1.807) is 11.8 Å². The molecule has 1 aromatic carbocycles. The van der Waals surface area contributed by atoms with Crippen LogP contribution in [0.3, 0.4) is 0 Å². The second-order valence-corrected chi connectivity index (χ2v) is 7.11. The van der Waals surface area contributed by atoms with Gasteiger partial charge < -0.3 is 0 Å². The molecule has 0 nitrogen and oxygen atoms in total. The maximum absolute atomic E-state index is 12.9. The summed E-state index contributed by atoms with van der Waals surface area (Å²) < 4.78 is 77.3. The standard InChI is InChI=1S/C15H12F6S/c16-14(17,18)10-3-8(4-11(7-10)15(19,20)21)9-5-12-1-2-13(6-9)22-12/h3-5,7,12-13H,1-2,6H2. The van der Waals surface area contributed by atoms with Crippen LogP contribution in [0.15, 0.2) is 24.3 Å². The fourth-order valence-electron chi connectivity index (χ4n) is 2.90. The van der Waals surface area contributed by atoms with E-state index in [-0.39, 0.29) is 16.9 Å². The molecule has 2 bridgehead atoms. The fraction of sp³-hybridized carbons (Fsp3) is 0.467. The summed E-state index contributed by atoms with van der Waals surface area (Å²) in [6, 6.07) is 1.84. The van der Waals surface area contributed by atoms with E-state index in [4.69, 9.17) is 0 Å². The first kappa shape index (κ1) is 15.8. The van der Waals surface area contributed by atoms with Gasteiger partial charge in [-0.25, -0.2) is 0 Å². The molecule has 0 saturated carbocycles. The smallest absolute Gasteiger partial charge is 0.166 e. The number of hydrogen-bond donors (Lipinski definition) is 0. The summed E-state index contributed by atoms with van der Waals surface area (Å²) in [5.74, 6) is 0. The van der Waals surface area contributed by atoms with Crippen LogP contribution in [0.5, 0.6) is 0 Å². The Bertz CT molecular complexity index is 581. The minimum absolute atomic E-state index is 0.0411. The van der Waals surface area contributed by atoms with Crippen molar-refractivity contribution in [1.29, 1.82) is 0 Å². The summed E-state index contributed by atoms with van der Waals surface area (Å²) >= 11 is 1.75. The topological polar surface area (TPSA) is 0 Å². The van der Waals surface area contributed by atoms with E-state index >= 15 is 0 Å². The normalized spacial score (nSPS) is 25.3. The summed E-state index contributed by atoms with van der Waals surface area (Å²) in [6.45, 7) is 0. The van der Waals surface area contributed by atoms with Crippen molar-refractivity contribution in [1.82, 2.24) is 0 Å². The van der Waals surface area contributed by atoms with Crippen molar-refractivity contribution in [3.8, 4) is 0 Å². The van der Waals surface area contributed by atoms with E-state index in [0.717, 1.165) is 25.0 Å². The highest BCUT2D eigenvalue weighted by molar-refractivity contribution is 8.01. The van der Waals surface area contributed by atoms with Gasteiger partial charge in [0.05, 0.1) is 11.1 Å². The summed E-state index contributed by atoms with van der Waals surface area (Å²) in [7, 11) is 0. The largest absolute Gasteiger partial charge is 0.416 e. The third-order valence-corrected chi connectivity index (χ3v) is 5.44. The first-order valence-corrected chi connectivity index (χ1v) is 7.73. The van der Waals surface area contributed by atoms with Gasteiger partial charge in [-0.1, -0.05) is 6.08 Å².